The molecular weight excluding hydrogens is 274 g/mol. The third-order valence-electron chi connectivity index (χ3n) is 2.70. The molecule has 0 aliphatic rings. The van der Waals surface area contributed by atoms with Gasteiger partial charge in [0.2, 0.25) is 0 Å². The summed E-state index contributed by atoms with van der Waals surface area (Å²) in [5.41, 5.74) is 5.47. The number of aromatic nitrogens is 1. The number of rotatable bonds is 5. The second-order valence-corrected chi connectivity index (χ2v) is 4.43. The molecule has 0 radical (unpaired) electrons. The number of benzene rings is 1. The fourth-order valence-electron chi connectivity index (χ4n) is 1.67. The summed E-state index contributed by atoms with van der Waals surface area (Å²) in [6.07, 6.45) is -0.831. The van der Waals surface area contributed by atoms with Crippen LogP contribution >= 0.6 is 0 Å². The first kappa shape index (κ1) is 14.6. The fourth-order valence-corrected chi connectivity index (χ4v) is 1.67. The van der Waals surface area contributed by atoms with Gasteiger partial charge in [-0.3, -0.25) is 9.59 Å². The molecule has 1 aromatic heterocycles. The van der Waals surface area contributed by atoms with Crippen LogP contribution in [0.2, 0.25) is 0 Å². The summed E-state index contributed by atoms with van der Waals surface area (Å²) in [5.74, 6) is 0.103. The molecular formula is C14H15N3O4. The van der Waals surface area contributed by atoms with Gasteiger partial charge in [-0.15, -0.1) is 0 Å². The highest BCUT2D eigenvalue weighted by atomic mass is 16.5. The molecule has 7 heteroatoms. The Bertz CT molecular complexity index is 666. The number of primary amides is 1. The van der Waals surface area contributed by atoms with Gasteiger partial charge in [-0.05, 0) is 26.0 Å². The Balaban J connectivity index is 2.05. The molecule has 1 heterocycles. The SMILES string of the molecule is Cc1cc(NC(=O)[C@H](C)Oc2ccccc2C(N)=O)no1. The maximum absolute atomic E-state index is 12.0. The Morgan fingerprint density at radius 2 is 2.10 bits per heavy atom. The largest absolute Gasteiger partial charge is 0.480 e. The van der Waals surface area contributed by atoms with Crippen LogP contribution in [0, 0.1) is 6.92 Å². The van der Waals surface area contributed by atoms with E-state index in [0.29, 0.717) is 11.6 Å². The Hall–Kier alpha value is -2.83. The standard InChI is InChI=1S/C14H15N3O4/c1-8-7-12(17-21-8)16-14(19)9(2)20-11-6-4-3-5-10(11)13(15)18/h3-7,9H,1-2H3,(H2,15,18)(H,16,17,19)/t9-/m0/s1. The number of anilines is 1. The molecule has 3 N–H and O–H groups in total. The van der Waals surface area contributed by atoms with Gasteiger partial charge in [-0.25, -0.2) is 0 Å². The number of nitrogens with two attached hydrogens (primary N) is 1. The number of ether oxygens (including phenoxy) is 1. The number of carbonyl (C=O) groups is 2. The van der Waals surface area contributed by atoms with Crippen molar-refractivity contribution in [2.24, 2.45) is 5.73 Å². The van der Waals surface area contributed by atoms with E-state index in [-0.39, 0.29) is 11.3 Å². The molecule has 0 unspecified atom stereocenters. The minimum Gasteiger partial charge on any atom is -0.480 e. The van der Waals surface area contributed by atoms with Crippen LogP contribution in [0.25, 0.3) is 0 Å². The molecule has 0 fully saturated rings. The van der Waals surface area contributed by atoms with Crippen molar-refractivity contribution in [2.75, 3.05) is 5.32 Å². The highest BCUT2D eigenvalue weighted by Crippen LogP contribution is 2.19. The van der Waals surface area contributed by atoms with Crippen LogP contribution in [0.4, 0.5) is 5.82 Å². The lowest BCUT2D eigenvalue weighted by Gasteiger charge is -2.15. The van der Waals surface area contributed by atoms with E-state index >= 15 is 0 Å². The quantitative estimate of drug-likeness (QED) is 0.867. The van der Waals surface area contributed by atoms with Gasteiger partial charge in [-0.2, -0.15) is 0 Å². The van der Waals surface area contributed by atoms with Crippen LogP contribution in [0.1, 0.15) is 23.0 Å². The van der Waals surface area contributed by atoms with E-state index in [4.69, 9.17) is 15.0 Å². The van der Waals surface area contributed by atoms with Crippen LogP contribution in [0.5, 0.6) is 5.75 Å². The average Bonchev–Trinajstić information content (AvgIpc) is 2.84. The molecule has 0 spiro atoms. The third kappa shape index (κ3) is 3.59. The first-order valence-electron chi connectivity index (χ1n) is 6.27. The molecule has 0 saturated heterocycles. The molecule has 0 aliphatic carbocycles. The first-order valence-corrected chi connectivity index (χ1v) is 6.27. The predicted molar refractivity (Wildman–Crippen MR) is 74.9 cm³/mol. The summed E-state index contributed by atoms with van der Waals surface area (Å²) in [4.78, 5) is 23.3. The zero-order valence-corrected chi connectivity index (χ0v) is 11.6. The average molecular weight is 289 g/mol. The minimum atomic E-state index is -0.831. The molecule has 1 atom stereocenters. The molecule has 0 aliphatic heterocycles. The minimum absolute atomic E-state index is 0.217. The molecule has 0 saturated carbocycles. The topological polar surface area (TPSA) is 107 Å². The molecule has 2 aromatic rings. The van der Waals surface area contributed by atoms with Crippen LogP contribution in [-0.2, 0) is 4.79 Å². The van der Waals surface area contributed by atoms with Crippen molar-refractivity contribution in [1.82, 2.24) is 5.16 Å². The van der Waals surface area contributed by atoms with E-state index in [2.05, 4.69) is 10.5 Å². The van der Waals surface area contributed by atoms with Crippen LogP contribution in [0.15, 0.2) is 34.9 Å². The van der Waals surface area contributed by atoms with E-state index in [1.807, 2.05) is 0 Å². The monoisotopic (exact) mass is 289 g/mol. The van der Waals surface area contributed by atoms with Crippen molar-refractivity contribution in [3.8, 4) is 5.75 Å². The highest BCUT2D eigenvalue weighted by molar-refractivity contribution is 5.96. The van der Waals surface area contributed by atoms with Crippen molar-refractivity contribution in [3.63, 3.8) is 0 Å². The first-order chi connectivity index (χ1) is 9.97. The van der Waals surface area contributed by atoms with Crippen molar-refractivity contribution >= 4 is 17.6 Å². The fraction of sp³-hybridized carbons (Fsp3) is 0.214. The summed E-state index contributed by atoms with van der Waals surface area (Å²) in [6, 6.07) is 8.04. The molecule has 21 heavy (non-hydrogen) atoms. The van der Waals surface area contributed by atoms with Gasteiger partial charge < -0.3 is 20.3 Å². The van der Waals surface area contributed by atoms with Gasteiger partial charge >= 0.3 is 0 Å². The van der Waals surface area contributed by atoms with Crippen molar-refractivity contribution in [2.45, 2.75) is 20.0 Å². The number of hydrogen-bond acceptors (Lipinski definition) is 5. The predicted octanol–water partition coefficient (Wildman–Crippen LogP) is 1.49. The van der Waals surface area contributed by atoms with E-state index in [1.165, 1.54) is 6.07 Å². The zero-order valence-electron chi connectivity index (χ0n) is 11.6. The summed E-state index contributed by atoms with van der Waals surface area (Å²) < 4.78 is 10.3. The number of nitrogens with one attached hydrogen (secondary N) is 1. The van der Waals surface area contributed by atoms with Gasteiger partial charge in [-0.1, -0.05) is 17.3 Å². The second-order valence-electron chi connectivity index (χ2n) is 4.43. The maximum atomic E-state index is 12.0. The molecule has 1 aromatic carbocycles. The van der Waals surface area contributed by atoms with E-state index in [9.17, 15) is 9.59 Å². The summed E-state index contributed by atoms with van der Waals surface area (Å²) in [6.45, 7) is 3.27. The Morgan fingerprint density at radius 1 is 1.38 bits per heavy atom. The van der Waals surface area contributed by atoms with E-state index < -0.39 is 17.9 Å². The van der Waals surface area contributed by atoms with Gasteiger partial charge in [0.25, 0.3) is 11.8 Å². The second kappa shape index (κ2) is 6.08. The molecule has 2 amide bonds. The van der Waals surface area contributed by atoms with Gasteiger partial charge in [0.05, 0.1) is 5.56 Å². The number of carbonyl (C=O) groups excluding carboxylic acids is 2. The number of nitrogens with zero attached hydrogens (tertiary/aromatic N) is 1. The van der Waals surface area contributed by atoms with E-state index in [1.54, 1.807) is 38.1 Å². The van der Waals surface area contributed by atoms with Crippen LogP contribution in [-0.4, -0.2) is 23.1 Å². The maximum Gasteiger partial charge on any atom is 0.266 e. The summed E-state index contributed by atoms with van der Waals surface area (Å²) >= 11 is 0. The van der Waals surface area contributed by atoms with Crippen LogP contribution in [0.3, 0.4) is 0 Å². The van der Waals surface area contributed by atoms with Crippen molar-refractivity contribution < 1.29 is 18.8 Å². The van der Waals surface area contributed by atoms with E-state index in [0.717, 1.165) is 0 Å². The number of hydrogen-bond donors (Lipinski definition) is 2. The Labute approximate surface area is 121 Å². The Kier molecular flexibility index (Phi) is 4.22. The normalized spacial score (nSPS) is 11.7. The van der Waals surface area contributed by atoms with Crippen molar-refractivity contribution in [3.05, 3.63) is 41.7 Å². The van der Waals surface area contributed by atoms with Gasteiger partial charge in [0.1, 0.15) is 11.5 Å². The zero-order chi connectivity index (χ0) is 15.4. The molecule has 110 valence electrons. The molecule has 7 nitrogen and oxygen atoms in total. The number of amides is 2. The lowest BCUT2D eigenvalue weighted by molar-refractivity contribution is -0.122. The summed E-state index contributed by atoms with van der Waals surface area (Å²) in [7, 11) is 0. The lowest BCUT2D eigenvalue weighted by atomic mass is 10.2. The third-order valence-corrected chi connectivity index (χ3v) is 2.70. The molecule has 0 bridgehead atoms. The Morgan fingerprint density at radius 3 is 2.71 bits per heavy atom. The number of para-hydroxylation sites is 1. The molecule has 2 rings (SSSR count). The van der Waals surface area contributed by atoms with Gasteiger partial charge in [0, 0.05) is 6.07 Å². The van der Waals surface area contributed by atoms with Crippen LogP contribution < -0.4 is 15.8 Å². The smallest absolute Gasteiger partial charge is 0.266 e. The number of aryl methyl sites for hydroxylation is 1. The van der Waals surface area contributed by atoms with Crippen molar-refractivity contribution in [1.29, 1.82) is 0 Å². The summed E-state index contributed by atoms with van der Waals surface area (Å²) in [5, 5.41) is 6.20. The lowest BCUT2D eigenvalue weighted by Crippen LogP contribution is -2.31. The van der Waals surface area contributed by atoms with Gasteiger partial charge in [0.15, 0.2) is 11.9 Å². The highest BCUT2D eigenvalue weighted by Gasteiger charge is 2.18.